The number of hydrogen-bond donors (Lipinski definition) is 2. The highest BCUT2D eigenvalue weighted by Gasteiger charge is 2.29. The molecule has 0 aliphatic rings. The van der Waals surface area contributed by atoms with Crippen LogP contribution < -0.4 is 10.5 Å². The van der Waals surface area contributed by atoms with Gasteiger partial charge in [-0.2, -0.15) is 0 Å². The zero-order chi connectivity index (χ0) is 14.0. The number of nitrogens with two attached hydrogens (primary N) is 1. The number of aliphatic hydroxyl groups excluding tert-OH is 1. The Morgan fingerprint density at radius 2 is 1.83 bits per heavy atom. The Morgan fingerprint density at radius 3 is 2.22 bits per heavy atom. The summed E-state index contributed by atoms with van der Waals surface area (Å²) in [5, 5.41) is 9.62. The minimum Gasteiger partial charge on any atom is -0.496 e. The topological polar surface area (TPSA) is 55.5 Å². The van der Waals surface area contributed by atoms with E-state index in [9.17, 15) is 5.11 Å². The third-order valence-corrected chi connectivity index (χ3v) is 3.52. The zero-order valence-corrected chi connectivity index (χ0v) is 12.1. The van der Waals surface area contributed by atoms with Gasteiger partial charge in [0.15, 0.2) is 0 Å². The Bertz CT molecular complexity index is 403. The van der Waals surface area contributed by atoms with Crippen LogP contribution in [0.1, 0.15) is 38.8 Å². The second kappa shape index (κ2) is 5.29. The van der Waals surface area contributed by atoms with Gasteiger partial charge in [-0.3, -0.25) is 0 Å². The Morgan fingerprint density at radius 1 is 1.22 bits per heavy atom. The number of benzene rings is 1. The first-order valence-corrected chi connectivity index (χ1v) is 6.28. The van der Waals surface area contributed by atoms with Crippen molar-refractivity contribution in [2.24, 2.45) is 5.73 Å². The van der Waals surface area contributed by atoms with Crippen LogP contribution in [0.4, 0.5) is 0 Å². The lowest BCUT2D eigenvalue weighted by Gasteiger charge is -2.30. The van der Waals surface area contributed by atoms with Gasteiger partial charge in [-0.15, -0.1) is 0 Å². The van der Waals surface area contributed by atoms with Crippen LogP contribution >= 0.6 is 0 Å². The lowest BCUT2D eigenvalue weighted by Crippen LogP contribution is -2.36. The van der Waals surface area contributed by atoms with Crippen molar-refractivity contribution in [1.29, 1.82) is 0 Å². The van der Waals surface area contributed by atoms with E-state index in [2.05, 4.69) is 32.9 Å². The molecule has 0 aliphatic heterocycles. The van der Waals surface area contributed by atoms with Crippen molar-refractivity contribution in [1.82, 2.24) is 0 Å². The van der Waals surface area contributed by atoms with Crippen LogP contribution in [0.25, 0.3) is 0 Å². The van der Waals surface area contributed by atoms with Gasteiger partial charge in [-0.05, 0) is 17.0 Å². The Hall–Kier alpha value is -1.06. The van der Waals surface area contributed by atoms with Gasteiger partial charge in [0.1, 0.15) is 5.75 Å². The molecule has 18 heavy (non-hydrogen) atoms. The molecular weight excluding hydrogens is 226 g/mol. The van der Waals surface area contributed by atoms with E-state index in [-0.39, 0.29) is 12.0 Å². The molecule has 0 aromatic heterocycles. The molecule has 0 fully saturated rings. The van der Waals surface area contributed by atoms with Crippen LogP contribution in [0.3, 0.4) is 0 Å². The van der Waals surface area contributed by atoms with Gasteiger partial charge < -0.3 is 15.6 Å². The van der Waals surface area contributed by atoms with Crippen molar-refractivity contribution in [3.05, 3.63) is 29.3 Å². The molecular formula is C15H25NO2. The maximum absolute atomic E-state index is 9.62. The summed E-state index contributed by atoms with van der Waals surface area (Å²) >= 11 is 0. The van der Waals surface area contributed by atoms with Gasteiger partial charge in [-0.1, -0.05) is 39.8 Å². The third-order valence-electron chi connectivity index (χ3n) is 3.52. The number of aliphatic hydroxyl groups is 1. The Balaban J connectivity index is 3.39. The highest BCUT2D eigenvalue weighted by Crippen LogP contribution is 2.35. The summed E-state index contributed by atoms with van der Waals surface area (Å²) < 4.78 is 5.40. The molecule has 3 heteroatoms. The van der Waals surface area contributed by atoms with Crippen molar-refractivity contribution in [2.75, 3.05) is 20.3 Å². The molecule has 0 saturated carbocycles. The van der Waals surface area contributed by atoms with E-state index in [0.717, 1.165) is 11.3 Å². The van der Waals surface area contributed by atoms with Gasteiger partial charge >= 0.3 is 0 Å². The Labute approximate surface area is 110 Å². The van der Waals surface area contributed by atoms with Crippen molar-refractivity contribution >= 4 is 0 Å². The fourth-order valence-electron chi connectivity index (χ4n) is 1.91. The van der Waals surface area contributed by atoms with Crippen LogP contribution in [0.2, 0.25) is 0 Å². The predicted molar refractivity (Wildman–Crippen MR) is 75.2 cm³/mol. The van der Waals surface area contributed by atoms with E-state index >= 15 is 0 Å². The van der Waals surface area contributed by atoms with Crippen molar-refractivity contribution in [3.8, 4) is 5.75 Å². The molecule has 0 spiro atoms. The molecule has 0 radical (unpaired) electrons. The maximum Gasteiger partial charge on any atom is 0.122 e. The molecule has 0 bridgehead atoms. The maximum atomic E-state index is 9.62. The molecule has 3 N–H and O–H groups in total. The summed E-state index contributed by atoms with van der Waals surface area (Å²) in [4.78, 5) is 0. The lowest BCUT2D eigenvalue weighted by molar-refractivity contribution is 0.206. The number of methoxy groups -OCH3 is 1. The number of hydrogen-bond acceptors (Lipinski definition) is 3. The summed E-state index contributed by atoms with van der Waals surface area (Å²) in [6.07, 6.45) is 0. The van der Waals surface area contributed by atoms with E-state index < -0.39 is 5.41 Å². The minimum atomic E-state index is -0.466. The second-order valence-electron chi connectivity index (χ2n) is 6.09. The fraction of sp³-hybridized carbons (Fsp3) is 0.600. The largest absolute Gasteiger partial charge is 0.496 e. The highest BCUT2D eigenvalue weighted by molar-refractivity contribution is 5.44. The third kappa shape index (κ3) is 2.85. The van der Waals surface area contributed by atoms with E-state index in [1.165, 1.54) is 5.56 Å². The quantitative estimate of drug-likeness (QED) is 0.862. The van der Waals surface area contributed by atoms with Crippen LogP contribution in [0.15, 0.2) is 18.2 Å². The summed E-state index contributed by atoms with van der Waals surface area (Å²) in [5.41, 5.74) is 7.60. The monoisotopic (exact) mass is 251 g/mol. The standard InChI is InChI=1S/C15H25NO2/c1-14(2,3)11-6-7-13(18-5)12(8-11)15(4,9-16)10-17/h6-8,17H,9-10,16H2,1-5H3. The molecule has 1 rings (SSSR count). The van der Waals surface area contributed by atoms with E-state index in [0.29, 0.717) is 6.54 Å². The van der Waals surface area contributed by atoms with Crippen LogP contribution in [0, 0.1) is 0 Å². The van der Waals surface area contributed by atoms with Crippen molar-refractivity contribution in [3.63, 3.8) is 0 Å². The molecule has 3 nitrogen and oxygen atoms in total. The van der Waals surface area contributed by atoms with Gasteiger partial charge in [-0.25, -0.2) is 0 Å². The summed E-state index contributed by atoms with van der Waals surface area (Å²) in [5.74, 6) is 0.782. The molecule has 0 aliphatic carbocycles. The molecule has 0 heterocycles. The summed E-state index contributed by atoms with van der Waals surface area (Å²) in [7, 11) is 1.64. The molecule has 1 atom stereocenters. The first-order valence-electron chi connectivity index (χ1n) is 6.28. The number of ether oxygens (including phenoxy) is 1. The lowest BCUT2D eigenvalue weighted by atomic mass is 9.78. The average Bonchev–Trinajstić information content (AvgIpc) is 2.36. The minimum absolute atomic E-state index is 0.00740. The SMILES string of the molecule is COc1ccc(C(C)(C)C)cc1C(C)(CN)CO. The van der Waals surface area contributed by atoms with Crippen LogP contribution in [-0.4, -0.2) is 25.4 Å². The van der Waals surface area contributed by atoms with Crippen molar-refractivity contribution < 1.29 is 9.84 Å². The first-order chi connectivity index (χ1) is 8.28. The first kappa shape index (κ1) is 15.0. The molecule has 0 saturated heterocycles. The summed E-state index contributed by atoms with van der Waals surface area (Å²) in [6, 6.07) is 6.12. The molecule has 0 amide bonds. The fourth-order valence-corrected chi connectivity index (χ4v) is 1.91. The predicted octanol–water partition coefficient (Wildman–Crippen LogP) is 2.20. The average molecular weight is 251 g/mol. The molecule has 1 aromatic rings. The van der Waals surface area contributed by atoms with Crippen LogP contribution in [-0.2, 0) is 10.8 Å². The van der Waals surface area contributed by atoms with Gasteiger partial charge in [0.05, 0.1) is 13.7 Å². The number of rotatable bonds is 4. The van der Waals surface area contributed by atoms with Gasteiger partial charge in [0, 0.05) is 17.5 Å². The smallest absolute Gasteiger partial charge is 0.122 e. The van der Waals surface area contributed by atoms with E-state index in [4.69, 9.17) is 10.5 Å². The zero-order valence-electron chi connectivity index (χ0n) is 12.1. The van der Waals surface area contributed by atoms with E-state index in [1.807, 2.05) is 13.0 Å². The van der Waals surface area contributed by atoms with Gasteiger partial charge in [0.2, 0.25) is 0 Å². The Kier molecular flexibility index (Phi) is 4.41. The van der Waals surface area contributed by atoms with Crippen LogP contribution in [0.5, 0.6) is 5.75 Å². The molecule has 102 valence electrons. The summed E-state index contributed by atoms with van der Waals surface area (Å²) in [6.45, 7) is 8.84. The normalized spacial score (nSPS) is 15.3. The van der Waals surface area contributed by atoms with Gasteiger partial charge in [0.25, 0.3) is 0 Å². The van der Waals surface area contributed by atoms with Crippen molar-refractivity contribution in [2.45, 2.75) is 38.5 Å². The van der Waals surface area contributed by atoms with E-state index in [1.54, 1.807) is 7.11 Å². The second-order valence-corrected chi connectivity index (χ2v) is 6.09. The highest BCUT2D eigenvalue weighted by atomic mass is 16.5. The molecule has 1 unspecified atom stereocenters. The molecule has 1 aromatic carbocycles.